The summed E-state index contributed by atoms with van der Waals surface area (Å²) in [4.78, 5) is 31.3. The van der Waals surface area contributed by atoms with Crippen molar-refractivity contribution >= 4 is 22.8 Å². The third-order valence-electron chi connectivity index (χ3n) is 6.31. The number of alkyl halides is 3. The van der Waals surface area contributed by atoms with Gasteiger partial charge in [0.1, 0.15) is 11.5 Å². The van der Waals surface area contributed by atoms with Crippen LogP contribution in [0.25, 0.3) is 11.2 Å². The lowest BCUT2D eigenvalue weighted by molar-refractivity contribution is -0.274. The zero-order valence-electron chi connectivity index (χ0n) is 23.2. The molecule has 2 heterocycles. The minimum absolute atomic E-state index is 0.0181. The smallest absolute Gasteiger partial charge is 0.425 e. The van der Waals surface area contributed by atoms with E-state index in [2.05, 4.69) is 9.72 Å². The molecule has 2 aromatic heterocycles. The fraction of sp³-hybridized carbons (Fsp3) is 0.393. The third-order valence-corrected chi connectivity index (χ3v) is 6.65. The Labute approximate surface area is 239 Å². The zero-order valence-corrected chi connectivity index (χ0v) is 23.9. The summed E-state index contributed by atoms with van der Waals surface area (Å²) in [6.07, 6.45) is 1.17. The van der Waals surface area contributed by atoms with Crippen molar-refractivity contribution in [2.45, 2.75) is 66.5 Å². The van der Waals surface area contributed by atoms with Gasteiger partial charge >= 0.3 is 18.1 Å². The first-order chi connectivity index (χ1) is 19.4. The highest BCUT2D eigenvalue weighted by Crippen LogP contribution is 2.31. The predicted molar refractivity (Wildman–Crippen MR) is 151 cm³/mol. The van der Waals surface area contributed by atoms with E-state index in [1.54, 1.807) is 32.1 Å². The molecule has 0 amide bonds. The topological polar surface area (TPSA) is 101 Å². The van der Waals surface area contributed by atoms with Gasteiger partial charge in [0, 0.05) is 30.8 Å². The van der Waals surface area contributed by atoms with Crippen molar-refractivity contribution in [2.24, 2.45) is 0 Å². The minimum atomic E-state index is -4.90. The number of halogens is 4. The normalized spacial score (nSPS) is 13.2. The van der Waals surface area contributed by atoms with Crippen molar-refractivity contribution < 1.29 is 27.8 Å². The van der Waals surface area contributed by atoms with E-state index in [-0.39, 0.29) is 55.6 Å². The van der Waals surface area contributed by atoms with Crippen molar-refractivity contribution in [3.63, 3.8) is 0 Å². The second-order valence-corrected chi connectivity index (χ2v) is 9.44. The van der Waals surface area contributed by atoms with E-state index in [1.165, 1.54) is 21.3 Å². The maximum absolute atomic E-state index is 13.7. The van der Waals surface area contributed by atoms with Crippen LogP contribution < -0.4 is 20.7 Å². The third kappa shape index (κ3) is 7.70. The lowest BCUT2D eigenvalue weighted by atomic mass is 10.1. The summed E-state index contributed by atoms with van der Waals surface area (Å²) in [5, 5.41) is 9.82. The fourth-order valence-electron chi connectivity index (χ4n) is 4.05. The number of hydrogen-bond acceptors (Lipinski definition) is 6. The molecule has 0 atom stereocenters. The summed E-state index contributed by atoms with van der Waals surface area (Å²) < 4.78 is 52.2. The number of benzene rings is 1. The molecule has 0 aliphatic rings. The van der Waals surface area contributed by atoms with Gasteiger partial charge in [-0.1, -0.05) is 42.3 Å². The number of aliphatic hydroxyl groups is 1. The molecule has 0 unspecified atom stereocenters. The van der Waals surface area contributed by atoms with E-state index < -0.39 is 23.4 Å². The zero-order chi connectivity index (χ0) is 30.3. The Hall–Kier alpha value is -3.77. The molecule has 0 bridgehead atoms. The molecule has 0 spiro atoms. The van der Waals surface area contributed by atoms with Gasteiger partial charge < -0.3 is 14.6 Å². The predicted octanol–water partition coefficient (Wildman–Crippen LogP) is 5.88. The molecule has 13 heteroatoms. The molecule has 0 saturated carbocycles. The van der Waals surface area contributed by atoms with Crippen LogP contribution in [0.2, 0.25) is 0 Å². The molecular weight excluding hydrogens is 565 g/mol. The molecular formula is C28H32ClF3N4O5. The molecule has 0 fully saturated rings. The van der Waals surface area contributed by atoms with Gasteiger partial charge in [0.2, 0.25) is 0 Å². The number of aliphatic hydroxyl groups excluding tert-OH is 1. The number of imidazole rings is 1. The second-order valence-electron chi connectivity index (χ2n) is 9.00. The van der Waals surface area contributed by atoms with Gasteiger partial charge in [-0.3, -0.25) is 18.5 Å². The van der Waals surface area contributed by atoms with Gasteiger partial charge in [-0.05, 0) is 57.4 Å². The van der Waals surface area contributed by atoms with Crippen molar-refractivity contribution in [1.29, 1.82) is 0 Å². The molecule has 1 N–H and O–H groups in total. The van der Waals surface area contributed by atoms with Gasteiger partial charge in [-0.25, -0.2) is 4.79 Å². The molecule has 0 radical (unpaired) electrons. The molecule has 0 aliphatic carbocycles. The first kappa shape index (κ1) is 31.8. The van der Waals surface area contributed by atoms with Crippen molar-refractivity contribution in [3.8, 4) is 17.5 Å². The van der Waals surface area contributed by atoms with E-state index in [4.69, 9.17) is 16.3 Å². The first-order valence-electron chi connectivity index (χ1n) is 13.0. The first-order valence-corrected chi connectivity index (χ1v) is 13.4. The quantitative estimate of drug-likeness (QED) is 0.262. The summed E-state index contributed by atoms with van der Waals surface area (Å²) in [7, 11) is 0. The number of hydrogen-bond donors (Lipinski definition) is 1. The number of aromatic nitrogens is 4. The summed E-state index contributed by atoms with van der Waals surface area (Å²) >= 11 is 6.19. The number of rotatable bonds is 12. The van der Waals surface area contributed by atoms with Crippen LogP contribution in [0.5, 0.6) is 17.5 Å². The van der Waals surface area contributed by atoms with Crippen LogP contribution in [0.1, 0.15) is 40.5 Å². The average molecular weight is 597 g/mol. The van der Waals surface area contributed by atoms with Gasteiger partial charge in [0.05, 0.1) is 6.54 Å². The van der Waals surface area contributed by atoms with Crippen LogP contribution >= 0.6 is 11.6 Å². The van der Waals surface area contributed by atoms with Gasteiger partial charge in [0.25, 0.3) is 5.56 Å². The largest absolute Gasteiger partial charge is 0.573 e. The summed E-state index contributed by atoms with van der Waals surface area (Å²) in [5.41, 5.74) is 0.638. The van der Waals surface area contributed by atoms with Crippen LogP contribution in [0.15, 0.2) is 68.3 Å². The molecule has 222 valence electrons. The number of nitrogens with zero attached hydrogens (tertiary/aromatic N) is 4. The molecule has 0 aliphatic heterocycles. The Morgan fingerprint density at radius 2 is 1.83 bits per heavy atom. The molecule has 3 rings (SSSR count). The standard InChI is InChI=1S/C28H32ClF3N4O5/c1-5-18(4)19(12-13-20(29)6-2)17-36-23-24(34(7-3)27(39)35(25(23)38)14-9-15-37)33-26(36)40-21-10-8-11-22(16-21)41-28(30,31)32/h6,8,10-13,16,37H,5,7,9,14-15,17H2,1-4H3. The highest BCUT2D eigenvalue weighted by molar-refractivity contribution is 6.31. The van der Waals surface area contributed by atoms with E-state index in [9.17, 15) is 27.9 Å². The van der Waals surface area contributed by atoms with Gasteiger partial charge in [0.15, 0.2) is 11.2 Å². The van der Waals surface area contributed by atoms with Crippen LogP contribution in [0.4, 0.5) is 13.2 Å². The second kappa shape index (κ2) is 13.7. The van der Waals surface area contributed by atoms with Crippen molar-refractivity contribution in [1.82, 2.24) is 18.7 Å². The van der Waals surface area contributed by atoms with Crippen LogP contribution in [0, 0.1) is 0 Å². The number of allylic oxidation sites excluding steroid dienone is 6. The van der Waals surface area contributed by atoms with Gasteiger partial charge in [-0.2, -0.15) is 4.98 Å². The van der Waals surface area contributed by atoms with Crippen molar-refractivity contribution in [3.05, 3.63) is 79.5 Å². The summed E-state index contributed by atoms with van der Waals surface area (Å²) in [6.45, 7) is 7.39. The van der Waals surface area contributed by atoms with E-state index in [0.29, 0.717) is 11.5 Å². The van der Waals surface area contributed by atoms with E-state index in [0.717, 1.165) is 27.8 Å². The van der Waals surface area contributed by atoms with Crippen LogP contribution in [-0.2, 0) is 19.6 Å². The van der Waals surface area contributed by atoms with Crippen LogP contribution in [-0.4, -0.2) is 36.8 Å². The Kier molecular flexibility index (Phi) is 10.6. The molecule has 1 aromatic carbocycles. The monoisotopic (exact) mass is 596 g/mol. The lowest BCUT2D eigenvalue weighted by Crippen LogP contribution is -2.40. The minimum Gasteiger partial charge on any atom is -0.425 e. The lowest BCUT2D eigenvalue weighted by Gasteiger charge is -2.14. The Morgan fingerprint density at radius 1 is 1.12 bits per heavy atom. The maximum atomic E-state index is 13.7. The SMILES string of the molecule is CC=C(Cl)C=CC(Cn1c(Oc2cccc(OC(F)(F)F)c2)nc2c1c(=O)n(CCCO)c(=O)n2CC)=C(C)CC. The Bertz CT molecular complexity index is 1600. The summed E-state index contributed by atoms with van der Waals surface area (Å²) in [5.74, 6) is -0.527. The number of fused-ring (bicyclic) bond motifs is 1. The molecule has 41 heavy (non-hydrogen) atoms. The number of ether oxygens (including phenoxy) is 2. The highest BCUT2D eigenvalue weighted by atomic mass is 35.5. The Balaban J connectivity index is 2.30. The van der Waals surface area contributed by atoms with Crippen molar-refractivity contribution in [2.75, 3.05) is 6.61 Å². The Morgan fingerprint density at radius 3 is 2.44 bits per heavy atom. The average Bonchev–Trinajstić information content (AvgIpc) is 3.26. The van der Waals surface area contributed by atoms with Crippen LogP contribution in [0.3, 0.4) is 0 Å². The maximum Gasteiger partial charge on any atom is 0.573 e. The van der Waals surface area contributed by atoms with Gasteiger partial charge in [-0.15, -0.1) is 13.2 Å². The highest BCUT2D eigenvalue weighted by Gasteiger charge is 2.31. The fourth-order valence-corrected chi connectivity index (χ4v) is 4.11. The molecule has 0 saturated heterocycles. The molecule has 3 aromatic rings. The summed E-state index contributed by atoms with van der Waals surface area (Å²) in [6, 6.07) is 4.79. The van der Waals surface area contributed by atoms with E-state index >= 15 is 0 Å². The number of aryl methyl sites for hydroxylation is 1. The van der Waals surface area contributed by atoms with E-state index in [1.807, 2.05) is 13.8 Å². The molecule has 9 nitrogen and oxygen atoms in total.